The number of sulfonamides is 1. The number of non-ortho nitro benzene ring substituents is 1. The van der Waals surface area contributed by atoms with Crippen molar-refractivity contribution < 1.29 is 13.3 Å². The maximum Gasteiger partial charge on any atom is 0.271 e. The van der Waals surface area contributed by atoms with E-state index in [9.17, 15) is 18.5 Å². The fourth-order valence-electron chi connectivity index (χ4n) is 2.51. The van der Waals surface area contributed by atoms with Crippen molar-refractivity contribution in [1.82, 2.24) is 4.31 Å². The van der Waals surface area contributed by atoms with Crippen molar-refractivity contribution in [2.45, 2.75) is 37.6 Å². The number of piperidine rings is 1. The summed E-state index contributed by atoms with van der Waals surface area (Å²) in [7, 11) is -3.76. The lowest BCUT2D eigenvalue weighted by Gasteiger charge is -2.30. The third-order valence-corrected chi connectivity index (χ3v) is 5.85. The number of nitrogens with two attached hydrogens (primary N) is 1. The van der Waals surface area contributed by atoms with Gasteiger partial charge in [-0.1, -0.05) is 0 Å². The normalized spacial score (nSPS) is 19.5. The third-order valence-electron chi connectivity index (χ3n) is 3.85. The van der Waals surface area contributed by atoms with E-state index in [1.165, 1.54) is 10.4 Å². The van der Waals surface area contributed by atoms with Gasteiger partial charge in [-0.3, -0.25) is 10.1 Å². The molecule has 0 aromatic heterocycles. The molecule has 0 amide bonds. The van der Waals surface area contributed by atoms with Gasteiger partial charge in [-0.05, 0) is 37.8 Å². The van der Waals surface area contributed by atoms with Crippen molar-refractivity contribution in [2.75, 3.05) is 13.1 Å². The van der Waals surface area contributed by atoms with Crippen LogP contribution in [0.2, 0.25) is 0 Å². The predicted molar refractivity (Wildman–Crippen MR) is 85.8 cm³/mol. The molecule has 1 aromatic rings. The smallest absolute Gasteiger partial charge is 0.271 e. The number of nitrogens with zero attached hydrogens (tertiary/aromatic N) is 2. The maximum atomic E-state index is 12.7. The quantitative estimate of drug-likeness (QED) is 0.660. The molecular formula is C13H20ClN3O4S. The average Bonchev–Trinajstić information content (AvgIpc) is 2.41. The summed E-state index contributed by atoms with van der Waals surface area (Å²) in [4.78, 5) is 10.4. The van der Waals surface area contributed by atoms with Crippen LogP contribution < -0.4 is 5.73 Å². The van der Waals surface area contributed by atoms with E-state index in [1.807, 2.05) is 0 Å². The first-order valence-corrected chi connectivity index (χ1v) is 8.19. The topological polar surface area (TPSA) is 107 Å². The van der Waals surface area contributed by atoms with Crippen LogP contribution in [0.5, 0.6) is 0 Å². The Bertz CT molecular complexity index is 678. The predicted octanol–water partition coefficient (Wildman–Crippen LogP) is 1.75. The van der Waals surface area contributed by atoms with Crippen molar-refractivity contribution in [1.29, 1.82) is 0 Å². The standard InChI is InChI=1S/C13H19N3O4S.ClH/c1-9-6-12(16(17)18)7-13(10(9)2)21(19,20)15-5-3-4-11(14)8-15;/h6-7,11H,3-5,8,14H2,1-2H3;1H. The number of nitro groups is 1. The molecule has 9 heteroatoms. The third kappa shape index (κ3) is 3.57. The van der Waals surface area contributed by atoms with Crippen molar-refractivity contribution in [3.8, 4) is 0 Å². The Hall–Kier alpha value is -1.22. The minimum atomic E-state index is -3.76. The molecule has 2 N–H and O–H groups in total. The van der Waals surface area contributed by atoms with Crippen LogP contribution in [0.25, 0.3) is 0 Å². The lowest BCUT2D eigenvalue weighted by atomic mass is 10.1. The Morgan fingerprint density at radius 3 is 2.55 bits per heavy atom. The van der Waals surface area contributed by atoms with Gasteiger partial charge in [0.15, 0.2) is 0 Å². The van der Waals surface area contributed by atoms with Gasteiger partial charge in [0, 0.05) is 31.3 Å². The largest absolute Gasteiger partial charge is 0.327 e. The first-order valence-electron chi connectivity index (χ1n) is 6.75. The van der Waals surface area contributed by atoms with E-state index in [0.29, 0.717) is 24.1 Å². The van der Waals surface area contributed by atoms with Crippen molar-refractivity contribution in [2.24, 2.45) is 5.73 Å². The van der Waals surface area contributed by atoms with Gasteiger partial charge in [0.2, 0.25) is 10.0 Å². The van der Waals surface area contributed by atoms with Crippen molar-refractivity contribution in [3.63, 3.8) is 0 Å². The lowest BCUT2D eigenvalue weighted by molar-refractivity contribution is -0.385. The van der Waals surface area contributed by atoms with Crippen LogP contribution >= 0.6 is 12.4 Å². The van der Waals surface area contributed by atoms with Crippen LogP contribution in [0.15, 0.2) is 17.0 Å². The van der Waals surface area contributed by atoms with E-state index >= 15 is 0 Å². The fourth-order valence-corrected chi connectivity index (χ4v) is 4.37. The zero-order valence-electron chi connectivity index (χ0n) is 12.5. The summed E-state index contributed by atoms with van der Waals surface area (Å²) in [6.07, 6.45) is 1.49. The summed E-state index contributed by atoms with van der Waals surface area (Å²) in [5.74, 6) is 0. The van der Waals surface area contributed by atoms with Crippen LogP contribution in [-0.4, -0.2) is 36.8 Å². The Kier molecular flexibility index (Phi) is 5.91. The second-order valence-electron chi connectivity index (χ2n) is 5.41. The lowest BCUT2D eigenvalue weighted by Crippen LogP contribution is -2.45. The highest BCUT2D eigenvalue weighted by Gasteiger charge is 2.31. The molecule has 1 aromatic carbocycles. The van der Waals surface area contributed by atoms with Crippen LogP contribution in [0.1, 0.15) is 24.0 Å². The van der Waals surface area contributed by atoms with Crippen molar-refractivity contribution in [3.05, 3.63) is 33.4 Å². The Morgan fingerprint density at radius 1 is 1.36 bits per heavy atom. The van der Waals surface area contributed by atoms with E-state index in [4.69, 9.17) is 5.73 Å². The van der Waals surface area contributed by atoms with Gasteiger partial charge in [-0.15, -0.1) is 12.4 Å². The molecule has 0 bridgehead atoms. The summed E-state index contributed by atoms with van der Waals surface area (Å²) < 4.78 is 26.8. The molecule has 124 valence electrons. The number of hydrogen-bond acceptors (Lipinski definition) is 5. The SMILES string of the molecule is Cc1cc([N+](=O)[O-])cc(S(=O)(=O)N2CCCC(N)C2)c1C.Cl. The average molecular weight is 350 g/mol. The number of benzene rings is 1. The molecule has 1 saturated heterocycles. The maximum absolute atomic E-state index is 12.7. The highest BCUT2D eigenvalue weighted by Crippen LogP contribution is 2.29. The molecule has 0 aliphatic carbocycles. The Balaban J connectivity index is 0.00000242. The molecule has 0 saturated carbocycles. The van der Waals surface area contributed by atoms with Gasteiger partial charge in [-0.25, -0.2) is 8.42 Å². The molecule has 0 radical (unpaired) electrons. The number of aryl methyl sites for hydroxylation is 1. The summed E-state index contributed by atoms with van der Waals surface area (Å²) in [5, 5.41) is 10.9. The molecule has 1 atom stereocenters. The Morgan fingerprint density at radius 2 is 2.00 bits per heavy atom. The number of rotatable bonds is 3. The van der Waals surface area contributed by atoms with Gasteiger partial charge < -0.3 is 5.73 Å². The minimum absolute atomic E-state index is 0. The van der Waals surface area contributed by atoms with E-state index in [-0.39, 0.29) is 35.6 Å². The van der Waals surface area contributed by atoms with E-state index in [1.54, 1.807) is 13.8 Å². The van der Waals surface area contributed by atoms with E-state index < -0.39 is 14.9 Å². The molecule has 1 aliphatic heterocycles. The molecule has 22 heavy (non-hydrogen) atoms. The molecule has 1 aliphatic rings. The zero-order chi connectivity index (χ0) is 15.8. The second-order valence-corrected chi connectivity index (χ2v) is 7.31. The van der Waals surface area contributed by atoms with Crippen LogP contribution in [0, 0.1) is 24.0 Å². The highest BCUT2D eigenvalue weighted by atomic mass is 35.5. The summed E-state index contributed by atoms with van der Waals surface area (Å²) >= 11 is 0. The Labute approximate surface area is 136 Å². The first-order chi connectivity index (χ1) is 9.73. The number of nitro benzene ring substituents is 1. The van der Waals surface area contributed by atoms with Gasteiger partial charge in [-0.2, -0.15) is 4.31 Å². The van der Waals surface area contributed by atoms with Crippen LogP contribution in [0.4, 0.5) is 5.69 Å². The zero-order valence-corrected chi connectivity index (χ0v) is 14.1. The van der Waals surface area contributed by atoms with E-state index in [0.717, 1.165) is 12.5 Å². The summed E-state index contributed by atoms with van der Waals surface area (Å²) in [6.45, 7) is 3.99. The number of hydrogen-bond donors (Lipinski definition) is 1. The second kappa shape index (κ2) is 6.91. The van der Waals surface area contributed by atoms with Crippen LogP contribution in [-0.2, 0) is 10.0 Å². The molecule has 7 nitrogen and oxygen atoms in total. The number of halogens is 1. The molecule has 1 fully saturated rings. The molecular weight excluding hydrogens is 330 g/mol. The van der Waals surface area contributed by atoms with Gasteiger partial charge in [0.25, 0.3) is 5.69 Å². The van der Waals surface area contributed by atoms with Gasteiger partial charge in [0.05, 0.1) is 9.82 Å². The van der Waals surface area contributed by atoms with Gasteiger partial charge >= 0.3 is 0 Å². The van der Waals surface area contributed by atoms with Gasteiger partial charge in [0.1, 0.15) is 0 Å². The van der Waals surface area contributed by atoms with Crippen molar-refractivity contribution >= 4 is 28.1 Å². The minimum Gasteiger partial charge on any atom is -0.327 e. The molecule has 0 spiro atoms. The molecule has 2 rings (SSSR count). The first kappa shape index (κ1) is 18.8. The molecule has 1 unspecified atom stereocenters. The highest BCUT2D eigenvalue weighted by molar-refractivity contribution is 7.89. The summed E-state index contributed by atoms with van der Waals surface area (Å²) in [5.41, 5.74) is 6.75. The summed E-state index contributed by atoms with van der Waals surface area (Å²) in [6, 6.07) is 2.34. The monoisotopic (exact) mass is 349 g/mol. The van der Waals surface area contributed by atoms with Crippen LogP contribution in [0.3, 0.4) is 0 Å². The molecule has 1 heterocycles. The van der Waals surface area contributed by atoms with E-state index in [2.05, 4.69) is 0 Å². The fraction of sp³-hybridized carbons (Fsp3) is 0.538.